The molecule has 0 saturated carbocycles. The van der Waals surface area contributed by atoms with Crippen molar-refractivity contribution in [2.24, 2.45) is 5.41 Å². The molecule has 2 heterocycles. The molecule has 0 unspecified atom stereocenters. The number of ether oxygens (including phenoxy) is 1. The third-order valence-corrected chi connectivity index (χ3v) is 6.29. The number of pyridine rings is 1. The fraction of sp³-hybridized carbons (Fsp3) is 0.258. The minimum atomic E-state index is -1.08. The highest BCUT2D eigenvalue weighted by molar-refractivity contribution is 5.99. The van der Waals surface area contributed by atoms with E-state index < -0.39 is 23.3 Å². The average molecular weight is 571 g/mol. The molecule has 218 valence electrons. The Hall–Kier alpha value is -5.19. The SMILES string of the molecule is CC(C)(CC(=O)O)C(=O)Nc1ccc(-n2nc(C(C)(C)C)cc2NC(=O)Nc2ccc(Oc3ccncc3)cc2)cc1. The van der Waals surface area contributed by atoms with E-state index in [0.717, 1.165) is 5.69 Å². The molecule has 11 nitrogen and oxygen atoms in total. The zero-order valence-corrected chi connectivity index (χ0v) is 24.1. The molecule has 2 aromatic heterocycles. The van der Waals surface area contributed by atoms with Gasteiger partial charge in [0.05, 0.1) is 23.2 Å². The lowest BCUT2D eigenvalue weighted by atomic mass is 9.88. The van der Waals surface area contributed by atoms with E-state index in [9.17, 15) is 14.4 Å². The van der Waals surface area contributed by atoms with Crippen LogP contribution in [-0.4, -0.2) is 37.8 Å². The van der Waals surface area contributed by atoms with Crippen LogP contribution in [0.15, 0.2) is 79.1 Å². The fourth-order valence-corrected chi connectivity index (χ4v) is 3.91. The van der Waals surface area contributed by atoms with Crippen LogP contribution in [0.2, 0.25) is 0 Å². The molecule has 0 aliphatic carbocycles. The average Bonchev–Trinajstić information content (AvgIpc) is 3.34. The number of carboxylic acid groups (broad SMARTS) is 1. The van der Waals surface area contributed by atoms with Gasteiger partial charge in [0.1, 0.15) is 17.3 Å². The van der Waals surface area contributed by atoms with Crippen molar-refractivity contribution < 1.29 is 24.2 Å². The second-order valence-corrected chi connectivity index (χ2v) is 11.4. The summed E-state index contributed by atoms with van der Waals surface area (Å²) in [7, 11) is 0. The van der Waals surface area contributed by atoms with Gasteiger partial charge in [-0.3, -0.25) is 19.9 Å². The Labute approximate surface area is 243 Å². The van der Waals surface area contributed by atoms with Gasteiger partial charge < -0.3 is 20.5 Å². The molecule has 11 heteroatoms. The molecule has 0 bridgehead atoms. The number of aliphatic carboxylic acids is 1. The quantitative estimate of drug-likeness (QED) is 0.181. The summed E-state index contributed by atoms with van der Waals surface area (Å²) in [4.78, 5) is 40.6. The lowest BCUT2D eigenvalue weighted by molar-refractivity contribution is -0.142. The summed E-state index contributed by atoms with van der Waals surface area (Å²) in [5.74, 6) is 0.279. The van der Waals surface area contributed by atoms with Crippen LogP contribution in [0.3, 0.4) is 0 Å². The number of hydrogen-bond acceptors (Lipinski definition) is 6. The monoisotopic (exact) mass is 570 g/mol. The van der Waals surface area contributed by atoms with Crippen molar-refractivity contribution in [1.82, 2.24) is 14.8 Å². The first-order chi connectivity index (χ1) is 19.8. The maximum atomic E-state index is 13.0. The van der Waals surface area contributed by atoms with Crippen LogP contribution in [0.25, 0.3) is 5.69 Å². The minimum absolute atomic E-state index is 0.285. The number of carbonyl (C=O) groups is 3. The van der Waals surface area contributed by atoms with Crippen LogP contribution in [0.5, 0.6) is 11.5 Å². The van der Waals surface area contributed by atoms with Gasteiger partial charge in [-0.15, -0.1) is 0 Å². The van der Waals surface area contributed by atoms with Crippen LogP contribution in [0.1, 0.15) is 46.7 Å². The highest BCUT2D eigenvalue weighted by Gasteiger charge is 2.30. The molecule has 4 rings (SSSR count). The van der Waals surface area contributed by atoms with Gasteiger partial charge >= 0.3 is 12.0 Å². The fourth-order valence-electron chi connectivity index (χ4n) is 3.91. The van der Waals surface area contributed by atoms with Gasteiger partial charge in [-0.2, -0.15) is 5.10 Å². The molecule has 0 aliphatic heterocycles. The largest absolute Gasteiger partial charge is 0.481 e. The summed E-state index contributed by atoms with van der Waals surface area (Å²) in [5, 5.41) is 22.3. The zero-order chi connectivity index (χ0) is 30.5. The number of carbonyl (C=O) groups excluding carboxylic acids is 2. The number of amides is 3. The highest BCUT2D eigenvalue weighted by atomic mass is 16.5. The molecule has 42 heavy (non-hydrogen) atoms. The topological polar surface area (TPSA) is 147 Å². The zero-order valence-electron chi connectivity index (χ0n) is 24.1. The van der Waals surface area contributed by atoms with E-state index in [2.05, 4.69) is 20.9 Å². The number of hydrogen-bond donors (Lipinski definition) is 4. The van der Waals surface area contributed by atoms with Crippen LogP contribution in [-0.2, 0) is 15.0 Å². The molecule has 2 aromatic carbocycles. The molecule has 4 N–H and O–H groups in total. The van der Waals surface area contributed by atoms with E-state index in [1.54, 1.807) is 91.6 Å². The van der Waals surface area contributed by atoms with E-state index >= 15 is 0 Å². The van der Waals surface area contributed by atoms with E-state index in [4.69, 9.17) is 14.9 Å². The number of carboxylic acids is 1. The van der Waals surface area contributed by atoms with Gasteiger partial charge in [-0.1, -0.05) is 34.6 Å². The Balaban J connectivity index is 1.47. The standard InChI is InChI=1S/C31H34N6O5/c1-30(2,3)25-18-26(35-29(41)34-21-8-12-23(13-9-21)42-24-14-16-32-17-15-24)37(36-25)22-10-6-20(7-11-22)33-28(40)31(4,5)19-27(38)39/h6-18H,19H2,1-5H3,(H,33,40)(H,38,39)(H2,34,35,41). The molecule has 0 radical (unpaired) electrons. The molecule has 0 saturated heterocycles. The number of urea groups is 1. The predicted octanol–water partition coefficient (Wildman–Crippen LogP) is 6.44. The first kappa shape index (κ1) is 29.8. The van der Waals surface area contributed by atoms with Gasteiger partial charge in [0, 0.05) is 35.2 Å². The van der Waals surface area contributed by atoms with Gasteiger partial charge in [-0.25, -0.2) is 9.48 Å². The van der Waals surface area contributed by atoms with Crippen molar-refractivity contribution in [3.05, 3.63) is 84.8 Å². The molecular weight excluding hydrogens is 536 g/mol. The van der Waals surface area contributed by atoms with Crippen molar-refractivity contribution in [1.29, 1.82) is 0 Å². The smallest absolute Gasteiger partial charge is 0.324 e. The van der Waals surface area contributed by atoms with Crippen molar-refractivity contribution in [2.45, 2.75) is 46.5 Å². The third kappa shape index (κ3) is 7.72. The lowest BCUT2D eigenvalue weighted by Gasteiger charge is -2.21. The number of aromatic nitrogens is 3. The van der Waals surface area contributed by atoms with E-state index in [1.807, 2.05) is 26.8 Å². The van der Waals surface area contributed by atoms with Crippen molar-refractivity contribution >= 4 is 35.1 Å². The van der Waals surface area contributed by atoms with Crippen LogP contribution in [0, 0.1) is 5.41 Å². The Morgan fingerprint density at radius 1 is 0.810 bits per heavy atom. The summed E-state index contributed by atoms with van der Waals surface area (Å²) >= 11 is 0. The van der Waals surface area contributed by atoms with Crippen molar-refractivity contribution in [2.75, 3.05) is 16.0 Å². The van der Waals surface area contributed by atoms with Crippen LogP contribution in [0.4, 0.5) is 22.0 Å². The summed E-state index contributed by atoms with van der Waals surface area (Å²) in [6, 6.07) is 18.7. The predicted molar refractivity (Wildman–Crippen MR) is 160 cm³/mol. The van der Waals surface area contributed by atoms with Gasteiger partial charge in [0.2, 0.25) is 5.91 Å². The number of benzene rings is 2. The number of anilines is 3. The first-order valence-corrected chi connectivity index (χ1v) is 13.3. The molecule has 3 amide bonds. The maximum absolute atomic E-state index is 13.0. The van der Waals surface area contributed by atoms with Crippen LogP contribution < -0.4 is 20.7 Å². The minimum Gasteiger partial charge on any atom is -0.481 e. The summed E-state index contributed by atoms with van der Waals surface area (Å²) < 4.78 is 7.38. The number of nitrogens with zero attached hydrogens (tertiary/aromatic N) is 3. The Morgan fingerprint density at radius 2 is 1.38 bits per heavy atom. The second kappa shape index (κ2) is 12.1. The van der Waals surface area contributed by atoms with Crippen molar-refractivity contribution in [3.63, 3.8) is 0 Å². The Kier molecular flexibility index (Phi) is 8.60. The van der Waals surface area contributed by atoms with Gasteiger partial charge in [0.15, 0.2) is 0 Å². The Morgan fingerprint density at radius 3 is 1.98 bits per heavy atom. The van der Waals surface area contributed by atoms with E-state index in [0.29, 0.717) is 34.4 Å². The van der Waals surface area contributed by atoms with Crippen LogP contribution >= 0.6 is 0 Å². The molecular formula is C31H34N6O5. The molecule has 0 spiro atoms. The molecule has 4 aromatic rings. The molecule has 0 aliphatic rings. The molecule has 0 fully saturated rings. The third-order valence-electron chi connectivity index (χ3n) is 6.29. The summed E-state index contributed by atoms with van der Waals surface area (Å²) in [5.41, 5.74) is 1.14. The molecule has 0 atom stereocenters. The summed E-state index contributed by atoms with van der Waals surface area (Å²) in [6.45, 7) is 9.23. The normalized spacial score (nSPS) is 11.5. The summed E-state index contributed by atoms with van der Waals surface area (Å²) in [6.07, 6.45) is 2.99. The van der Waals surface area contributed by atoms with Gasteiger partial charge in [0.25, 0.3) is 0 Å². The van der Waals surface area contributed by atoms with Crippen molar-refractivity contribution in [3.8, 4) is 17.2 Å². The van der Waals surface area contributed by atoms with E-state index in [-0.39, 0.29) is 11.8 Å². The first-order valence-electron chi connectivity index (χ1n) is 13.3. The highest BCUT2D eigenvalue weighted by Crippen LogP contribution is 2.28. The Bertz CT molecular complexity index is 1560. The number of rotatable bonds is 9. The lowest BCUT2D eigenvalue weighted by Crippen LogP contribution is -2.32. The maximum Gasteiger partial charge on any atom is 0.324 e. The second-order valence-electron chi connectivity index (χ2n) is 11.4. The number of nitrogens with one attached hydrogen (secondary N) is 3. The van der Waals surface area contributed by atoms with Gasteiger partial charge in [-0.05, 0) is 60.7 Å². The van der Waals surface area contributed by atoms with E-state index in [1.165, 1.54) is 0 Å².